The fourth-order valence-corrected chi connectivity index (χ4v) is 5.03. The van der Waals surface area contributed by atoms with Crippen LogP contribution in [0.3, 0.4) is 0 Å². The number of anilines is 1. The number of halogens is 2. The Hall–Kier alpha value is -2.23. The molecule has 1 heterocycles. The highest BCUT2D eigenvalue weighted by Crippen LogP contribution is 2.22. The van der Waals surface area contributed by atoms with E-state index in [4.69, 9.17) is 0 Å². The van der Waals surface area contributed by atoms with Crippen LogP contribution in [0.1, 0.15) is 15.2 Å². The van der Waals surface area contributed by atoms with Gasteiger partial charge in [-0.2, -0.15) is 0 Å². The second-order valence-corrected chi connectivity index (χ2v) is 9.62. The van der Waals surface area contributed by atoms with Crippen molar-refractivity contribution in [3.05, 3.63) is 80.7 Å². The number of amides is 1. The van der Waals surface area contributed by atoms with Crippen molar-refractivity contribution in [1.29, 1.82) is 0 Å². The van der Waals surface area contributed by atoms with Crippen LogP contribution < -0.4 is 4.72 Å². The Labute approximate surface area is 175 Å². The van der Waals surface area contributed by atoms with E-state index in [2.05, 4.69) is 20.7 Å². The lowest BCUT2D eigenvalue weighted by Gasteiger charge is -2.16. The van der Waals surface area contributed by atoms with Gasteiger partial charge >= 0.3 is 0 Å². The number of hydrogen-bond acceptors (Lipinski definition) is 4. The monoisotopic (exact) mass is 482 g/mol. The number of nitrogens with zero attached hydrogens (tertiary/aromatic N) is 1. The van der Waals surface area contributed by atoms with Gasteiger partial charge in [0.15, 0.2) is 0 Å². The highest BCUT2D eigenvalue weighted by molar-refractivity contribution is 9.10. The third-order valence-electron chi connectivity index (χ3n) is 3.87. The van der Waals surface area contributed by atoms with Gasteiger partial charge in [0.1, 0.15) is 5.82 Å². The molecular formula is C19H16BrFN2O3S2. The summed E-state index contributed by atoms with van der Waals surface area (Å²) in [5.74, 6) is -0.662. The van der Waals surface area contributed by atoms with E-state index in [0.29, 0.717) is 12.1 Å². The number of thiophene rings is 1. The van der Waals surface area contributed by atoms with Crippen LogP contribution in [0.4, 0.5) is 10.1 Å². The number of carbonyl (C=O) groups is 1. The lowest BCUT2D eigenvalue weighted by molar-refractivity contribution is 0.0786. The Bertz CT molecular complexity index is 1080. The van der Waals surface area contributed by atoms with Crippen molar-refractivity contribution >= 4 is 48.9 Å². The molecule has 0 atom stereocenters. The highest BCUT2D eigenvalue weighted by atomic mass is 79.9. The smallest absolute Gasteiger partial charge is 0.261 e. The first-order valence-corrected chi connectivity index (χ1v) is 11.3. The minimum atomic E-state index is -3.84. The van der Waals surface area contributed by atoms with E-state index in [-0.39, 0.29) is 16.5 Å². The van der Waals surface area contributed by atoms with Crippen molar-refractivity contribution in [3.8, 4) is 0 Å². The summed E-state index contributed by atoms with van der Waals surface area (Å²) in [7, 11) is -2.14. The van der Waals surface area contributed by atoms with E-state index in [1.807, 2.05) is 11.4 Å². The zero-order chi connectivity index (χ0) is 20.3. The second-order valence-electron chi connectivity index (χ2n) is 6.03. The molecule has 3 aromatic rings. The summed E-state index contributed by atoms with van der Waals surface area (Å²) in [6, 6.07) is 12.6. The summed E-state index contributed by atoms with van der Waals surface area (Å²) >= 11 is 4.93. The lowest BCUT2D eigenvalue weighted by Crippen LogP contribution is -2.25. The summed E-state index contributed by atoms with van der Waals surface area (Å²) in [5.41, 5.74) is 0.641. The zero-order valence-electron chi connectivity index (χ0n) is 14.7. The zero-order valence-corrected chi connectivity index (χ0v) is 17.9. The molecule has 1 N–H and O–H groups in total. The van der Waals surface area contributed by atoms with Crippen molar-refractivity contribution in [3.63, 3.8) is 0 Å². The van der Waals surface area contributed by atoms with Gasteiger partial charge < -0.3 is 4.90 Å². The molecule has 0 bridgehead atoms. The van der Waals surface area contributed by atoms with Gasteiger partial charge in [-0.05, 0) is 70.5 Å². The molecule has 0 radical (unpaired) electrons. The van der Waals surface area contributed by atoms with Crippen LogP contribution in [0.5, 0.6) is 0 Å². The molecule has 0 unspecified atom stereocenters. The number of rotatable bonds is 6. The molecule has 0 aliphatic heterocycles. The van der Waals surface area contributed by atoms with E-state index in [9.17, 15) is 17.6 Å². The fourth-order valence-electron chi connectivity index (χ4n) is 2.47. The summed E-state index contributed by atoms with van der Waals surface area (Å²) in [6.07, 6.45) is 0. The molecule has 0 saturated heterocycles. The minimum absolute atomic E-state index is 0.0122. The van der Waals surface area contributed by atoms with Crippen LogP contribution in [0, 0.1) is 5.82 Å². The first-order valence-electron chi connectivity index (χ1n) is 8.11. The number of carbonyl (C=O) groups excluding carboxylic acids is 1. The molecule has 3 rings (SSSR count). The molecule has 0 fully saturated rings. The molecular weight excluding hydrogens is 467 g/mol. The Morgan fingerprint density at radius 2 is 1.79 bits per heavy atom. The van der Waals surface area contributed by atoms with Crippen molar-refractivity contribution in [2.24, 2.45) is 0 Å². The number of benzene rings is 2. The topological polar surface area (TPSA) is 66.5 Å². The summed E-state index contributed by atoms with van der Waals surface area (Å²) in [6.45, 7) is 0.460. The van der Waals surface area contributed by atoms with E-state index >= 15 is 0 Å². The van der Waals surface area contributed by atoms with Crippen molar-refractivity contribution in [2.45, 2.75) is 11.4 Å². The molecule has 0 spiro atoms. The molecule has 0 aliphatic carbocycles. The van der Waals surface area contributed by atoms with Crippen LogP contribution in [-0.4, -0.2) is 26.3 Å². The van der Waals surface area contributed by atoms with E-state index in [0.717, 1.165) is 9.35 Å². The molecule has 146 valence electrons. The normalized spacial score (nSPS) is 11.2. The Kier molecular flexibility index (Phi) is 6.17. The SMILES string of the molecule is CN(Cc1cc(Br)cs1)C(=O)c1ccc(S(=O)(=O)Nc2ccc(F)cc2)cc1. The predicted molar refractivity (Wildman–Crippen MR) is 111 cm³/mol. The maximum atomic E-state index is 13.0. The van der Waals surface area contributed by atoms with E-state index in [1.54, 1.807) is 23.3 Å². The standard InChI is InChI=1S/C19H16BrFN2O3S2/c1-23(11-17-10-14(20)12-27-17)19(24)13-2-8-18(9-3-13)28(25,26)22-16-6-4-15(21)5-7-16/h2-10,12,22H,11H2,1H3. The summed E-state index contributed by atoms with van der Waals surface area (Å²) < 4.78 is 41.2. The Morgan fingerprint density at radius 1 is 1.14 bits per heavy atom. The van der Waals surface area contributed by atoms with Crippen LogP contribution in [0.25, 0.3) is 0 Å². The summed E-state index contributed by atoms with van der Waals surface area (Å²) in [5, 5.41) is 1.95. The summed E-state index contributed by atoms with van der Waals surface area (Å²) in [4.78, 5) is 15.2. The van der Waals surface area contributed by atoms with Gasteiger partial charge in [0.05, 0.1) is 11.4 Å². The lowest BCUT2D eigenvalue weighted by atomic mass is 10.2. The third kappa shape index (κ3) is 4.98. The molecule has 9 heteroatoms. The van der Waals surface area contributed by atoms with Gasteiger partial charge in [-0.25, -0.2) is 12.8 Å². The molecule has 28 heavy (non-hydrogen) atoms. The number of sulfonamides is 1. The maximum Gasteiger partial charge on any atom is 0.261 e. The average Bonchev–Trinajstić information content (AvgIpc) is 3.07. The van der Waals surface area contributed by atoms with Gasteiger partial charge in [0.2, 0.25) is 0 Å². The fraction of sp³-hybridized carbons (Fsp3) is 0.105. The molecule has 1 amide bonds. The highest BCUT2D eigenvalue weighted by Gasteiger charge is 2.17. The largest absolute Gasteiger partial charge is 0.337 e. The minimum Gasteiger partial charge on any atom is -0.337 e. The van der Waals surface area contributed by atoms with Gasteiger partial charge in [-0.15, -0.1) is 11.3 Å². The van der Waals surface area contributed by atoms with Gasteiger partial charge in [0.25, 0.3) is 15.9 Å². The van der Waals surface area contributed by atoms with Crippen LogP contribution in [0.15, 0.2) is 69.3 Å². The van der Waals surface area contributed by atoms with Crippen molar-refractivity contribution in [2.75, 3.05) is 11.8 Å². The van der Waals surface area contributed by atoms with Gasteiger partial charge in [0, 0.05) is 33.0 Å². The first-order chi connectivity index (χ1) is 13.2. The predicted octanol–water partition coefficient (Wildman–Crippen LogP) is 4.72. The van der Waals surface area contributed by atoms with Crippen molar-refractivity contribution < 1.29 is 17.6 Å². The number of hydrogen-bond donors (Lipinski definition) is 1. The second kappa shape index (κ2) is 8.42. The van der Waals surface area contributed by atoms with Crippen molar-refractivity contribution in [1.82, 2.24) is 4.90 Å². The Morgan fingerprint density at radius 3 is 2.36 bits per heavy atom. The Balaban J connectivity index is 1.71. The average molecular weight is 483 g/mol. The van der Waals surface area contributed by atoms with E-state index < -0.39 is 15.8 Å². The third-order valence-corrected chi connectivity index (χ3v) is 6.95. The molecule has 1 aromatic heterocycles. The quantitative estimate of drug-likeness (QED) is 0.552. The van der Waals surface area contributed by atoms with Crippen LogP contribution in [0.2, 0.25) is 0 Å². The molecule has 0 saturated carbocycles. The number of nitrogens with one attached hydrogen (secondary N) is 1. The van der Waals surface area contributed by atoms with Crippen LogP contribution in [-0.2, 0) is 16.6 Å². The molecule has 0 aliphatic rings. The first kappa shape index (κ1) is 20.5. The van der Waals surface area contributed by atoms with Gasteiger partial charge in [-0.1, -0.05) is 0 Å². The van der Waals surface area contributed by atoms with Gasteiger partial charge in [-0.3, -0.25) is 9.52 Å². The molecule has 2 aromatic carbocycles. The van der Waals surface area contributed by atoms with E-state index in [1.165, 1.54) is 48.5 Å². The maximum absolute atomic E-state index is 13.0. The van der Waals surface area contributed by atoms with Crippen LogP contribution >= 0.6 is 27.3 Å². The molecule has 5 nitrogen and oxygen atoms in total.